The number of rotatable bonds is 6. The topological polar surface area (TPSA) is 3.24 Å². The number of hydrogen-bond donors (Lipinski definition) is 0. The third-order valence-electron chi connectivity index (χ3n) is 6.30. The highest BCUT2D eigenvalue weighted by Crippen LogP contribution is 2.26. The minimum atomic E-state index is -2.26. The molecule has 1 atom stereocenters. The Morgan fingerprint density at radius 3 is 1.29 bits per heavy atom. The van der Waals surface area contributed by atoms with Crippen LogP contribution in [0.5, 0.6) is 0 Å². The predicted molar refractivity (Wildman–Crippen MR) is 123 cm³/mol. The molecule has 2 heteroatoms. The first-order valence-electron chi connectivity index (χ1n) is 10.6. The van der Waals surface area contributed by atoms with Crippen LogP contribution in [-0.2, 0) is 0 Å². The lowest BCUT2D eigenvalue weighted by Gasteiger charge is -2.47. The summed E-state index contributed by atoms with van der Waals surface area (Å²) in [6.45, 7) is 7.31. The van der Waals surface area contributed by atoms with Crippen LogP contribution in [0.3, 0.4) is 0 Å². The Kier molecular flexibility index (Phi) is 5.79. The largest absolute Gasteiger partial charge is 0.302 e. The number of nitrogens with zero attached hydrogens (tertiary/aromatic N) is 1. The van der Waals surface area contributed by atoms with Gasteiger partial charge in [0.15, 0.2) is 8.07 Å². The van der Waals surface area contributed by atoms with E-state index in [1.54, 1.807) is 0 Å². The Balaban J connectivity index is 2.06. The van der Waals surface area contributed by atoms with Crippen molar-refractivity contribution in [2.24, 2.45) is 5.92 Å². The molecule has 1 fully saturated rings. The summed E-state index contributed by atoms with van der Waals surface area (Å²) in [5.41, 5.74) is 0.544. The van der Waals surface area contributed by atoms with Gasteiger partial charge in [-0.25, -0.2) is 0 Å². The summed E-state index contributed by atoms with van der Waals surface area (Å²) in [6.07, 6.45) is 2.65. The molecule has 0 aromatic heterocycles. The molecule has 3 aromatic rings. The van der Waals surface area contributed by atoms with Crippen molar-refractivity contribution in [3.05, 3.63) is 91.0 Å². The van der Waals surface area contributed by atoms with Gasteiger partial charge in [-0.15, -0.1) is 0 Å². The monoisotopic (exact) mass is 385 g/mol. The fraction of sp³-hybridized carbons (Fsp3) is 0.308. The summed E-state index contributed by atoms with van der Waals surface area (Å²) in [7, 11) is -2.26. The molecule has 0 N–H and O–H groups in total. The lowest BCUT2D eigenvalue weighted by molar-refractivity contribution is 0.254. The van der Waals surface area contributed by atoms with Crippen LogP contribution < -0.4 is 15.6 Å². The lowest BCUT2D eigenvalue weighted by atomic mass is 10.2. The van der Waals surface area contributed by atoms with Gasteiger partial charge in [0.1, 0.15) is 0 Å². The molecule has 1 aliphatic rings. The molecular formula is C26H31NSi. The molecule has 1 unspecified atom stereocenters. The Morgan fingerprint density at radius 1 is 0.607 bits per heavy atom. The van der Waals surface area contributed by atoms with Crippen LogP contribution in [0.2, 0.25) is 0 Å². The van der Waals surface area contributed by atoms with Gasteiger partial charge in [0.2, 0.25) is 0 Å². The molecule has 4 rings (SSSR count). The van der Waals surface area contributed by atoms with Crippen LogP contribution in [0.4, 0.5) is 0 Å². The standard InChI is InChI=1S/C26H31NSi/c1-22(2)26(27-20-12-13-21-27)28(23-14-6-3-7-15-23,24-16-8-4-9-17-24)25-18-10-5-11-19-25/h3-11,14-19,22,26H,12-13,20-21H2,1-2H3. The van der Waals surface area contributed by atoms with E-state index in [0.29, 0.717) is 11.6 Å². The molecule has 28 heavy (non-hydrogen) atoms. The highest BCUT2D eigenvalue weighted by atomic mass is 28.3. The summed E-state index contributed by atoms with van der Waals surface area (Å²) in [5.74, 6) is 0.588. The maximum atomic E-state index is 2.81. The highest BCUT2D eigenvalue weighted by molar-refractivity contribution is 7.12. The first kappa shape index (κ1) is 19.2. The smallest absolute Gasteiger partial charge is 0.165 e. The van der Waals surface area contributed by atoms with Crippen molar-refractivity contribution in [2.45, 2.75) is 32.4 Å². The van der Waals surface area contributed by atoms with E-state index in [0.717, 1.165) is 0 Å². The molecule has 144 valence electrons. The third kappa shape index (κ3) is 3.36. The fourth-order valence-corrected chi connectivity index (χ4v) is 11.3. The molecule has 3 aromatic carbocycles. The van der Waals surface area contributed by atoms with Crippen molar-refractivity contribution >= 4 is 23.6 Å². The average molecular weight is 386 g/mol. The summed E-state index contributed by atoms with van der Waals surface area (Å²) in [5, 5.41) is 4.58. The van der Waals surface area contributed by atoms with Gasteiger partial charge in [0, 0.05) is 5.67 Å². The van der Waals surface area contributed by atoms with E-state index in [9.17, 15) is 0 Å². The molecular weight excluding hydrogens is 354 g/mol. The maximum absolute atomic E-state index is 2.81. The Morgan fingerprint density at radius 2 is 0.964 bits per heavy atom. The van der Waals surface area contributed by atoms with Crippen LogP contribution in [0.25, 0.3) is 0 Å². The van der Waals surface area contributed by atoms with Crippen molar-refractivity contribution in [1.29, 1.82) is 0 Å². The van der Waals surface area contributed by atoms with E-state index >= 15 is 0 Å². The summed E-state index contributed by atoms with van der Waals surface area (Å²) >= 11 is 0. The zero-order valence-electron chi connectivity index (χ0n) is 17.1. The Bertz CT molecular complexity index is 758. The van der Waals surface area contributed by atoms with Gasteiger partial charge in [0.25, 0.3) is 0 Å². The van der Waals surface area contributed by atoms with Crippen molar-refractivity contribution in [3.63, 3.8) is 0 Å². The Labute approximate surface area is 171 Å². The zero-order valence-corrected chi connectivity index (χ0v) is 18.1. The molecule has 1 aliphatic heterocycles. The second-order valence-electron chi connectivity index (χ2n) is 8.34. The molecule has 1 heterocycles. The number of hydrogen-bond acceptors (Lipinski definition) is 1. The molecule has 0 spiro atoms. The Hall–Kier alpha value is -2.16. The molecule has 0 amide bonds. The normalized spacial score (nSPS) is 16.4. The van der Waals surface area contributed by atoms with E-state index in [1.807, 2.05) is 0 Å². The fourth-order valence-electron chi connectivity index (χ4n) is 5.33. The van der Waals surface area contributed by atoms with Gasteiger partial charge < -0.3 is 4.90 Å². The molecule has 0 saturated carbocycles. The van der Waals surface area contributed by atoms with E-state index in [2.05, 4.69) is 110 Å². The molecule has 0 radical (unpaired) electrons. The van der Waals surface area contributed by atoms with Crippen LogP contribution in [0.15, 0.2) is 91.0 Å². The minimum absolute atomic E-state index is 0.544. The number of likely N-dealkylation sites (tertiary alicyclic amines) is 1. The minimum Gasteiger partial charge on any atom is -0.302 e. The second-order valence-corrected chi connectivity index (χ2v) is 12.3. The average Bonchev–Trinajstić information content (AvgIpc) is 3.27. The van der Waals surface area contributed by atoms with Gasteiger partial charge >= 0.3 is 0 Å². The van der Waals surface area contributed by atoms with E-state index in [-0.39, 0.29) is 0 Å². The van der Waals surface area contributed by atoms with Gasteiger partial charge in [-0.05, 0) is 47.4 Å². The van der Waals surface area contributed by atoms with Crippen molar-refractivity contribution in [2.75, 3.05) is 13.1 Å². The second kappa shape index (κ2) is 8.46. The summed E-state index contributed by atoms with van der Waals surface area (Å²) in [6, 6.07) is 34.1. The van der Waals surface area contributed by atoms with Gasteiger partial charge in [-0.3, -0.25) is 0 Å². The predicted octanol–water partition coefficient (Wildman–Crippen LogP) is 3.82. The first-order chi connectivity index (χ1) is 13.7. The van der Waals surface area contributed by atoms with E-state index in [1.165, 1.54) is 41.5 Å². The quantitative estimate of drug-likeness (QED) is 0.461. The van der Waals surface area contributed by atoms with Gasteiger partial charge in [-0.2, -0.15) is 0 Å². The SMILES string of the molecule is CC(C)C(N1CCCC1)[Si](c1ccccc1)(c1ccccc1)c1ccccc1. The zero-order chi connectivity index (χ0) is 19.4. The van der Waals surface area contributed by atoms with Crippen LogP contribution in [-0.4, -0.2) is 31.7 Å². The summed E-state index contributed by atoms with van der Waals surface area (Å²) < 4.78 is 0. The summed E-state index contributed by atoms with van der Waals surface area (Å²) in [4.78, 5) is 2.81. The molecule has 0 bridgehead atoms. The van der Waals surface area contributed by atoms with Crippen molar-refractivity contribution in [1.82, 2.24) is 4.90 Å². The molecule has 1 nitrogen and oxygen atoms in total. The van der Waals surface area contributed by atoms with Gasteiger partial charge in [-0.1, -0.05) is 105 Å². The van der Waals surface area contributed by atoms with Crippen molar-refractivity contribution < 1.29 is 0 Å². The van der Waals surface area contributed by atoms with Crippen molar-refractivity contribution in [3.8, 4) is 0 Å². The van der Waals surface area contributed by atoms with Gasteiger partial charge in [0.05, 0.1) is 0 Å². The van der Waals surface area contributed by atoms with E-state index in [4.69, 9.17) is 0 Å². The number of benzene rings is 3. The maximum Gasteiger partial charge on any atom is 0.165 e. The van der Waals surface area contributed by atoms with Crippen LogP contribution >= 0.6 is 0 Å². The highest BCUT2D eigenvalue weighted by Gasteiger charge is 2.50. The van der Waals surface area contributed by atoms with Crippen LogP contribution in [0, 0.1) is 5.92 Å². The third-order valence-corrected chi connectivity index (χ3v) is 11.9. The molecule has 1 saturated heterocycles. The van der Waals surface area contributed by atoms with Crippen LogP contribution in [0.1, 0.15) is 26.7 Å². The molecule has 0 aliphatic carbocycles. The van der Waals surface area contributed by atoms with E-state index < -0.39 is 8.07 Å². The first-order valence-corrected chi connectivity index (χ1v) is 12.7. The lowest BCUT2D eigenvalue weighted by Crippen LogP contribution is -2.78.